The van der Waals surface area contributed by atoms with E-state index in [9.17, 15) is 0 Å². The number of ether oxygens (including phenoxy) is 1. The molecule has 0 bridgehead atoms. The third-order valence-electron chi connectivity index (χ3n) is 3.24. The van der Waals surface area contributed by atoms with Gasteiger partial charge in [-0.15, -0.1) is 0 Å². The lowest BCUT2D eigenvalue weighted by molar-refractivity contribution is 0.401. The Bertz CT molecular complexity index is 391. The average molecular weight is 283 g/mol. The first-order chi connectivity index (χ1) is 8.76. The third-order valence-corrected chi connectivity index (χ3v) is 6.11. The fraction of sp³-hybridized carbons (Fsp3) is 0.571. The van der Waals surface area contributed by atoms with Crippen LogP contribution in [0.5, 0.6) is 5.75 Å². The van der Waals surface area contributed by atoms with Gasteiger partial charge in [0.25, 0.3) is 0 Å². The molecule has 0 saturated carbocycles. The second kappa shape index (κ2) is 6.73. The standard InChI is InChI=1S/C14H21NOS2/c1-10-4-5-12(16-3)11(8-10)14(15-2)13-9-17-6-7-18-13/h4-5,8,13-15H,6-7,9H2,1-3H3. The topological polar surface area (TPSA) is 21.3 Å². The molecule has 1 saturated heterocycles. The normalized spacial score (nSPS) is 21.6. The zero-order chi connectivity index (χ0) is 13.0. The molecular weight excluding hydrogens is 262 g/mol. The van der Waals surface area contributed by atoms with E-state index in [1.54, 1.807) is 7.11 Å². The second-order valence-corrected chi connectivity index (χ2v) is 6.99. The largest absolute Gasteiger partial charge is 0.496 e. The third kappa shape index (κ3) is 3.16. The van der Waals surface area contributed by atoms with Crippen molar-refractivity contribution in [1.29, 1.82) is 0 Å². The van der Waals surface area contributed by atoms with Gasteiger partial charge in [-0.25, -0.2) is 0 Å². The first-order valence-electron chi connectivity index (χ1n) is 6.27. The fourth-order valence-electron chi connectivity index (χ4n) is 2.34. The Morgan fingerprint density at radius 2 is 2.22 bits per heavy atom. The maximum Gasteiger partial charge on any atom is 0.123 e. The highest BCUT2D eigenvalue weighted by Gasteiger charge is 2.26. The molecule has 0 aliphatic carbocycles. The summed E-state index contributed by atoms with van der Waals surface area (Å²) in [6, 6.07) is 6.81. The lowest BCUT2D eigenvalue weighted by Gasteiger charge is -2.30. The minimum Gasteiger partial charge on any atom is -0.496 e. The summed E-state index contributed by atoms with van der Waals surface area (Å²) >= 11 is 4.13. The molecule has 2 atom stereocenters. The molecule has 0 amide bonds. The molecule has 4 heteroatoms. The zero-order valence-electron chi connectivity index (χ0n) is 11.2. The number of rotatable bonds is 4. The van der Waals surface area contributed by atoms with Crippen LogP contribution in [-0.4, -0.2) is 36.7 Å². The molecule has 0 radical (unpaired) electrons. The van der Waals surface area contributed by atoms with Gasteiger partial charge in [0.2, 0.25) is 0 Å². The lowest BCUT2D eigenvalue weighted by Crippen LogP contribution is -2.31. The first-order valence-corrected chi connectivity index (χ1v) is 8.47. The van der Waals surface area contributed by atoms with Gasteiger partial charge in [0.05, 0.1) is 7.11 Å². The summed E-state index contributed by atoms with van der Waals surface area (Å²) in [5, 5.41) is 4.10. The van der Waals surface area contributed by atoms with Gasteiger partial charge in [-0.3, -0.25) is 0 Å². The molecule has 100 valence electrons. The number of methoxy groups -OCH3 is 1. The highest BCUT2D eigenvalue weighted by molar-refractivity contribution is 8.06. The number of hydrogen-bond acceptors (Lipinski definition) is 4. The summed E-state index contributed by atoms with van der Waals surface area (Å²) in [7, 11) is 3.80. The average Bonchev–Trinajstić information content (AvgIpc) is 2.41. The summed E-state index contributed by atoms with van der Waals surface area (Å²) in [5.74, 6) is 4.74. The molecule has 1 fully saturated rings. The molecule has 1 aromatic carbocycles. The summed E-state index contributed by atoms with van der Waals surface area (Å²) in [5.41, 5.74) is 2.58. The quantitative estimate of drug-likeness (QED) is 0.916. The summed E-state index contributed by atoms with van der Waals surface area (Å²) < 4.78 is 5.52. The molecule has 1 aliphatic heterocycles. The molecule has 0 aromatic heterocycles. The lowest BCUT2D eigenvalue weighted by atomic mass is 10.0. The van der Waals surface area contributed by atoms with E-state index in [-0.39, 0.29) is 0 Å². The van der Waals surface area contributed by atoms with Gasteiger partial charge in [-0.2, -0.15) is 23.5 Å². The van der Waals surface area contributed by atoms with E-state index in [0.29, 0.717) is 11.3 Å². The van der Waals surface area contributed by atoms with E-state index in [1.807, 2.05) is 7.05 Å². The van der Waals surface area contributed by atoms with Gasteiger partial charge in [-0.1, -0.05) is 17.7 Å². The number of hydrogen-bond donors (Lipinski definition) is 1. The van der Waals surface area contributed by atoms with Gasteiger partial charge < -0.3 is 10.1 Å². The highest BCUT2D eigenvalue weighted by atomic mass is 32.2. The second-order valence-electron chi connectivity index (χ2n) is 4.50. The molecule has 2 nitrogen and oxygen atoms in total. The van der Waals surface area contributed by atoms with Crippen molar-refractivity contribution in [2.75, 3.05) is 31.4 Å². The first kappa shape index (κ1) is 14.1. The van der Waals surface area contributed by atoms with E-state index in [2.05, 4.69) is 54.0 Å². The van der Waals surface area contributed by atoms with Crippen LogP contribution in [0.3, 0.4) is 0 Å². The zero-order valence-corrected chi connectivity index (χ0v) is 12.9. The summed E-state index contributed by atoms with van der Waals surface area (Å²) in [6.07, 6.45) is 0. The van der Waals surface area contributed by atoms with E-state index in [1.165, 1.54) is 28.4 Å². The smallest absolute Gasteiger partial charge is 0.123 e. The molecule has 1 heterocycles. The molecule has 1 N–H and O–H groups in total. The van der Waals surface area contributed by atoms with Gasteiger partial charge in [0.15, 0.2) is 0 Å². The van der Waals surface area contributed by atoms with Crippen LogP contribution in [0.4, 0.5) is 0 Å². The van der Waals surface area contributed by atoms with Crippen molar-refractivity contribution in [3.8, 4) is 5.75 Å². The van der Waals surface area contributed by atoms with Gasteiger partial charge >= 0.3 is 0 Å². The molecule has 18 heavy (non-hydrogen) atoms. The fourth-order valence-corrected chi connectivity index (χ4v) is 5.24. The van der Waals surface area contributed by atoms with Crippen LogP contribution >= 0.6 is 23.5 Å². The van der Waals surface area contributed by atoms with Gasteiger partial charge in [0, 0.05) is 34.1 Å². The van der Waals surface area contributed by atoms with Crippen molar-refractivity contribution in [3.05, 3.63) is 29.3 Å². The van der Waals surface area contributed by atoms with Gasteiger partial charge in [0.1, 0.15) is 5.75 Å². The van der Waals surface area contributed by atoms with Crippen LogP contribution in [0.2, 0.25) is 0 Å². The van der Waals surface area contributed by atoms with Crippen molar-refractivity contribution >= 4 is 23.5 Å². The Labute approximate surface area is 118 Å². The minimum absolute atomic E-state index is 0.373. The van der Waals surface area contributed by atoms with Crippen molar-refractivity contribution in [2.45, 2.75) is 18.2 Å². The van der Waals surface area contributed by atoms with E-state index < -0.39 is 0 Å². The molecular formula is C14H21NOS2. The van der Waals surface area contributed by atoms with E-state index in [4.69, 9.17) is 4.74 Å². The maximum atomic E-state index is 5.52. The van der Waals surface area contributed by atoms with Gasteiger partial charge in [-0.05, 0) is 20.0 Å². The molecule has 0 spiro atoms. The van der Waals surface area contributed by atoms with Crippen molar-refractivity contribution < 1.29 is 4.74 Å². The summed E-state index contributed by atoms with van der Waals surface area (Å²) in [4.78, 5) is 0. The highest BCUT2D eigenvalue weighted by Crippen LogP contribution is 2.37. The maximum absolute atomic E-state index is 5.52. The van der Waals surface area contributed by atoms with Crippen molar-refractivity contribution in [1.82, 2.24) is 5.32 Å². The van der Waals surface area contributed by atoms with E-state index in [0.717, 1.165) is 5.75 Å². The van der Waals surface area contributed by atoms with Crippen molar-refractivity contribution in [2.24, 2.45) is 0 Å². The molecule has 2 rings (SSSR count). The predicted octanol–water partition coefficient (Wildman–Crippen LogP) is 3.11. The summed E-state index contributed by atoms with van der Waals surface area (Å²) in [6.45, 7) is 2.14. The minimum atomic E-state index is 0.373. The Balaban J connectivity index is 2.27. The Morgan fingerprint density at radius 3 is 2.83 bits per heavy atom. The Kier molecular flexibility index (Phi) is 5.27. The SMILES string of the molecule is CNC(c1cc(C)ccc1OC)C1CSCCS1. The predicted molar refractivity (Wildman–Crippen MR) is 83.1 cm³/mol. The van der Waals surface area contributed by atoms with Crippen LogP contribution in [0.1, 0.15) is 17.2 Å². The van der Waals surface area contributed by atoms with E-state index >= 15 is 0 Å². The van der Waals surface area contributed by atoms with Crippen LogP contribution in [0.15, 0.2) is 18.2 Å². The Hall–Kier alpha value is -0.320. The van der Waals surface area contributed by atoms with Crippen LogP contribution in [-0.2, 0) is 0 Å². The molecule has 1 aliphatic rings. The number of aryl methyl sites for hydroxylation is 1. The number of thioether (sulfide) groups is 2. The van der Waals surface area contributed by atoms with Crippen LogP contribution in [0.25, 0.3) is 0 Å². The Morgan fingerprint density at radius 1 is 1.39 bits per heavy atom. The number of benzene rings is 1. The van der Waals surface area contributed by atoms with Crippen molar-refractivity contribution in [3.63, 3.8) is 0 Å². The number of nitrogens with one attached hydrogen (secondary N) is 1. The van der Waals surface area contributed by atoms with Crippen LogP contribution in [0, 0.1) is 6.92 Å². The monoisotopic (exact) mass is 283 g/mol. The van der Waals surface area contributed by atoms with Crippen LogP contribution < -0.4 is 10.1 Å². The molecule has 2 unspecified atom stereocenters. The molecule has 1 aromatic rings.